The molecule has 0 fully saturated rings. The van der Waals surface area contributed by atoms with Crippen LogP contribution in [0.25, 0.3) is 0 Å². The van der Waals surface area contributed by atoms with Crippen molar-refractivity contribution >= 4 is 13.7 Å². The Bertz CT molecular complexity index is 303. The van der Waals surface area contributed by atoms with Crippen LogP contribution in [-0.4, -0.2) is 13.2 Å². The maximum Gasteiger partial charge on any atom is 0.205 e. The molecule has 3 heteroatoms. The molecule has 0 N–H and O–H groups in total. The Labute approximate surface area is 119 Å². The second kappa shape index (κ2) is 11.4. The van der Waals surface area contributed by atoms with E-state index in [1.165, 1.54) is 24.6 Å². The SMILES string of the molecule is CCCCCCOP(OCCCC)c1ccccc1. The van der Waals surface area contributed by atoms with Crippen molar-refractivity contribution in [1.82, 2.24) is 0 Å². The number of hydrogen-bond donors (Lipinski definition) is 0. The number of benzene rings is 1. The van der Waals surface area contributed by atoms with Crippen LogP contribution in [0, 0.1) is 0 Å². The highest BCUT2D eigenvalue weighted by Gasteiger charge is 2.12. The maximum absolute atomic E-state index is 5.96. The van der Waals surface area contributed by atoms with Crippen LogP contribution in [0.5, 0.6) is 0 Å². The lowest BCUT2D eigenvalue weighted by molar-refractivity contribution is 0.248. The van der Waals surface area contributed by atoms with E-state index in [9.17, 15) is 0 Å². The zero-order chi connectivity index (χ0) is 13.8. The van der Waals surface area contributed by atoms with Gasteiger partial charge in [-0.1, -0.05) is 57.7 Å². The van der Waals surface area contributed by atoms with Crippen molar-refractivity contribution in [3.63, 3.8) is 0 Å². The lowest BCUT2D eigenvalue weighted by Crippen LogP contribution is -2.07. The van der Waals surface area contributed by atoms with Gasteiger partial charge < -0.3 is 9.05 Å². The van der Waals surface area contributed by atoms with E-state index in [2.05, 4.69) is 26.0 Å². The van der Waals surface area contributed by atoms with Gasteiger partial charge in [0.25, 0.3) is 0 Å². The molecule has 0 aliphatic carbocycles. The molecule has 0 aliphatic rings. The molecule has 1 atom stereocenters. The molecular weight excluding hydrogens is 255 g/mol. The Morgan fingerprint density at radius 2 is 1.42 bits per heavy atom. The zero-order valence-electron chi connectivity index (χ0n) is 12.3. The summed E-state index contributed by atoms with van der Waals surface area (Å²) in [4.78, 5) is 0. The van der Waals surface area contributed by atoms with Gasteiger partial charge in [0.2, 0.25) is 8.38 Å². The average Bonchev–Trinajstić information content (AvgIpc) is 2.46. The van der Waals surface area contributed by atoms with E-state index in [0.29, 0.717) is 0 Å². The summed E-state index contributed by atoms with van der Waals surface area (Å²) in [6.45, 7) is 6.02. The third-order valence-corrected chi connectivity index (χ3v) is 4.43. The van der Waals surface area contributed by atoms with E-state index in [4.69, 9.17) is 9.05 Å². The van der Waals surface area contributed by atoms with Gasteiger partial charge in [-0.3, -0.25) is 0 Å². The van der Waals surface area contributed by atoms with E-state index in [1.807, 2.05) is 18.2 Å². The highest BCUT2D eigenvalue weighted by molar-refractivity contribution is 7.56. The van der Waals surface area contributed by atoms with Crippen molar-refractivity contribution in [3.05, 3.63) is 30.3 Å². The van der Waals surface area contributed by atoms with E-state index in [1.54, 1.807) is 0 Å². The van der Waals surface area contributed by atoms with Crippen molar-refractivity contribution in [3.8, 4) is 0 Å². The summed E-state index contributed by atoms with van der Waals surface area (Å²) in [6, 6.07) is 10.3. The van der Waals surface area contributed by atoms with Crippen LogP contribution < -0.4 is 5.30 Å². The lowest BCUT2D eigenvalue weighted by atomic mass is 10.2. The molecule has 0 radical (unpaired) electrons. The molecule has 0 saturated heterocycles. The second-order valence-corrected chi connectivity index (χ2v) is 6.22. The molecule has 1 aromatic carbocycles. The Morgan fingerprint density at radius 1 is 0.789 bits per heavy atom. The first kappa shape index (κ1) is 16.6. The molecule has 0 saturated carbocycles. The van der Waals surface area contributed by atoms with E-state index in [-0.39, 0.29) is 0 Å². The van der Waals surface area contributed by atoms with Crippen LogP contribution in [0.2, 0.25) is 0 Å². The molecule has 1 rings (SSSR count). The summed E-state index contributed by atoms with van der Waals surface area (Å²) in [5, 5.41) is 1.18. The fourth-order valence-corrected chi connectivity index (χ4v) is 3.08. The van der Waals surface area contributed by atoms with Crippen LogP contribution in [0.15, 0.2) is 30.3 Å². The molecule has 0 aliphatic heterocycles. The topological polar surface area (TPSA) is 18.5 Å². The summed E-state index contributed by atoms with van der Waals surface area (Å²) < 4.78 is 11.9. The Kier molecular flexibility index (Phi) is 9.98. The van der Waals surface area contributed by atoms with Gasteiger partial charge in [0.15, 0.2) is 0 Å². The van der Waals surface area contributed by atoms with Crippen LogP contribution in [0.1, 0.15) is 52.4 Å². The third kappa shape index (κ3) is 7.67. The minimum absolute atomic E-state index is 0.798. The number of rotatable bonds is 11. The van der Waals surface area contributed by atoms with Crippen molar-refractivity contribution in [1.29, 1.82) is 0 Å². The zero-order valence-corrected chi connectivity index (χ0v) is 13.2. The van der Waals surface area contributed by atoms with Crippen LogP contribution in [0.4, 0.5) is 0 Å². The standard InChI is InChI=1S/C16H27O2P/c1-3-5-7-11-15-18-19(17-14-6-4-2)16-12-9-8-10-13-16/h8-10,12-13H,3-7,11,14-15H2,1-2H3. The molecule has 19 heavy (non-hydrogen) atoms. The highest BCUT2D eigenvalue weighted by Crippen LogP contribution is 2.37. The molecule has 0 amide bonds. The molecule has 0 bridgehead atoms. The normalized spacial score (nSPS) is 12.5. The molecule has 1 aromatic rings. The van der Waals surface area contributed by atoms with E-state index < -0.39 is 8.38 Å². The van der Waals surface area contributed by atoms with Crippen LogP contribution in [-0.2, 0) is 9.05 Å². The summed E-state index contributed by atoms with van der Waals surface area (Å²) in [5.41, 5.74) is 0. The predicted octanol–water partition coefficient (Wildman–Crippen LogP) is 5.04. The van der Waals surface area contributed by atoms with Crippen LogP contribution in [0.3, 0.4) is 0 Å². The molecule has 108 valence electrons. The van der Waals surface area contributed by atoms with Gasteiger partial charge in [-0.05, 0) is 25.0 Å². The monoisotopic (exact) mass is 282 g/mol. The third-order valence-electron chi connectivity index (χ3n) is 2.88. The van der Waals surface area contributed by atoms with Crippen molar-refractivity contribution < 1.29 is 9.05 Å². The summed E-state index contributed by atoms with van der Waals surface area (Å²) >= 11 is 0. The van der Waals surface area contributed by atoms with E-state index in [0.717, 1.165) is 32.5 Å². The largest absolute Gasteiger partial charge is 0.331 e. The van der Waals surface area contributed by atoms with Crippen molar-refractivity contribution in [2.45, 2.75) is 52.4 Å². The first-order valence-electron chi connectivity index (χ1n) is 7.49. The van der Waals surface area contributed by atoms with Gasteiger partial charge in [0, 0.05) is 5.30 Å². The average molecular weight is 282 g/mol. The minimum atomic E-state index is -0.888. The summed E-state index contributed by atoms with van der Waals surface area (Å²) in [6.07, 6.45) is 7.21. The predicted molar refractivity (Wildman–Crippen MR) is 84.0 cm³/mol. The summed E-state index contributed by atoms with van der Waals surface area (Å²) in [5.74, 6) is 0. The van der Waals surface area contributed by atoms with Gasteiger partial charge in [-0.2, -0.15) is 0 Å². The quantitative estimate of drug-likeness (QED) is 0.418. The number of hydrogen-bond acceptors (Lipinski definition) is 2. The van der Waals surface area contributed by atoms with Gasteiger partial charge in [-0.25, -0.2) is 0 Å². The highest BCUT2D eigenvalue weighted by atomic mass is 31.2. The molecule has 2 nitrogen and oxygen atoms in total. The minimum Gasteiger partial charge on any atom is -0.331 e. The fraction of sp³-hybridized carbons (Fsp3) is 0.625. The Morgan fingerprint density at radius 3 is 2.05 bits per heavy atom. The lowest BCUT2D eigenvalue weighted by Gasteiger charge is -2.17. The smallest absolute Gasteiger partial charge is 0.205 e. The second-order valence-electron chi connectivity index (χ2n) is 4.67. The molecule has 0 aromatic heterocycles. The Hall–Kier alpha value is -0.430. The van der Waals surface area contributed by atoms with Gasteiger partial charge in [0.1, 0.15) is 0 Å². The maximum atomic E-state index is 5.96. The fourth-order valence-electron chi connectivity index (χ4n) is 1.70. The number of unbranched alkanes of at least 4 members (excludes halogenated alkanes) is 4. The van der Waals surface area contributed by atoms with Gasteiger partial charge in [0.05, 0.1) is 13.2 Å². The first-order valence-corrected chi connectivity index (χ1v) is 8.67. The molecule has 0 spiro atoms. The molecule has 0 heterocycles. The molecular formula is C16H27O2P. The van der Waals surface area contributed by atoms with E-state index >= 15 is 0 Å². The summed E-state index contributed by atoms with van der Waals surface area (Å²) in [7, 11) is -0.888. The first-order chi connectivity index (χ1) is 9.38. The molecule has 1 unspecified atom stereocenters. The van der Waals surface area contributed by atoms with Gasteiger partial charge >= 0.3 is 0 Å². The van der Waals surface area contributed by atoms with Crippen molar-refractivity contribution in [2.24, 2.45) is 0 Å². The van der Waals surface area contributed by atoms with Crippen LogP contribution >= 0.6 is 8.38 Å². The van der Waals surface area contributed by atoms with Crippen molar-refractivity contribution in [2.75, 3.05) is 13.2 Å². The Balaban J connectivity index is 2.36. The van der Waals surface area contributed by atoms with Gasteiger partial charge in [-0.15, -0.1) is 0 Å².